The second-order valence-corrected chi connectivity index (χ2v) is 7.42. The van der Waals surface area contributed by atoms with Crippen molar-refractivity contribution in [1.82, 2.24) is 25.5 Å². The van der Waals surface area contributed by atoms with Crippen molar-refractivity contribution in [2.24, 2.45) is 4.99 Å². The number of guanidine groups is 1. The Kier molecular flexibility index (Phi) is 7.41. The van der Waals surface area contributed by atoms with Crippen molar-refractivity contribution in [2.75, 3.05) is 51.8 Å². The minimum atomic E-state index is -0.0192. The lowest BCUT2D eigenvalue weighted by Crippen LogP contribution is -2.50. The van der Waals surface area contributed by atoms with Gasteiger partial charge in [0.2, 0.25) is 11.9 Å². The van der Waals surface area contributed by atoms with E-state index < -0.39 is 0 Å². The lowest BCUT2D eigenvalue weighted by atomic mass is 10.1. The van der Waals surface area contributed by atoms with E-state index in [1.807, 2.05) is 6.07 Å². The molecule has 1 atom stereocenters. The highest BCUT2D eigenvalue weighted by atomic mass is 16.5. The smallest absolute Gasteiger partial charge is 0.243 e. The van der Waals surface area contributed by atoms with Crippen LogP contribution in [0, 0.1) is 0 Å². The molecule has 0 spiro atoms. The van der Waals surface area contributed by atoms with E-state index in [1.165, 1.54) is 0 Å². The maximum Gasteiger partial charge on any atom is 0.243 e. The third-order valence-electron chi connectivity index (χ3n) is 5.06. The summed E-state index contributed by atoms with van der Waals surface area (Å²) in [6.07, 6.45) is 7.84. The van der Waals surface area contributed by atoms with Gasteiger partial charge >= 0.3 is 0 Å². The number of carbonyl (C=O) groups excluding carboxylic acids is 1. The predicted molar refractivity (Wildman–Crippen MR) is 108 cm³/mol. The fourth-order valence-corrected chi connectivity index (χ4v) is 3.33. The molecule has 3 rings (SSSR count). The van der Waals surface area contributed by atoms with E-state index in [-0.39, 0.29) is 18.6 Å². The summed E-state index contributed by atoms with van der Waals surface area (Å²) < 4.78 is 5.68. The predicted octanol–water partition coefficient (Wildman–Crippen LogP) is 0.248. The van der Waals surface area contributed by atoms with Crippen molar-refractivity contribution in [1.29, 1.82) is 0 Å². The number of ether oxygens (including phenoxy) is 1. The van der Waals surface area contributed by atoms with Crippen molar-refractivity contribution < 1.29 is 9.53 Å². The van der Waals surface area contributed by atoms with Gasteiger partial charge in [-0.15, -0.1) is 0 Å². The number of nitrogens with zero attached hydrogens (tertiary/aromatic N) is 5. The van der Waals surface area contributed by atoms with Gasteiger partial charge in [0, 0.05) is 58.8 Å². The Morgan fingerprint density at radius 1 is 1.29 bits per heavy atom. The van der Waals surface area contributed by atoms with Crippen LogP contribution in [0.15, 0.2) is 23.5 Å². The van der Waals surface area contributed by atoms with Crippen molar-refractivity contribution in [3.63, 3.8) is 0 Å². The largest absolute Gasteiger partial charge is 0.376 e. The van der Waals surface area contributed by atoms with E-state index >= 15 is 0 Å². The van der Waals surface area contributed by atoms with Crippen molar-refractivity contribution in [3.8, 4) is 0 Å². The Bertz CT molecular complexity index is 639. The van der Waals surface area contributed by atoms with Crippen LogP contribution in [0.3, 0.4) is 0 Å². The molecule has 2 fully saturated rings. The van der Waals surface area contributed by atoms with Crippen LogP contribution in [-0.2, 0) is 9.53 Å². The van der Waals surface area contributed by atoms with E-state index in [2.05, 4.69) is 30.5 Å². The highest BCUT2D eigenvalue weighted by molar-refractivity contribution is 5.85. The first-order valence-electron chi connectivity index (χ1n) is 10.0. The molecule has 1 aromatic heterocycles. The van der Waals surface area contributed by atoms with Crippen LogP contribution in [0.2, 0.25) is 0 Å². The fraction of sp³-hybridized carbons (Fsp3) is 0.684. The monoisotopic (exact) mass is 389 g/mol. The van der Waals surface area contributed by atoms with Gasteiger partial charge in [-0.2, -0.15) is 0 Å². The molecule has 1 amide bonds. The normalized spacial score (nSPS) is 20.9. The molecule has 0 bridgehead atoms. The van der Waals surface area contributed by atoms with Crippen LogP contribution in [0.25, 0.3) is 0 Å². The molecule has 0 aliphatic carbocycles. The van der Waals surface area contributed by atoms with Gasteiger partial charge in [0.15, 0.2) is 5.96 Å². The van der Waals surface area contributed by atoms with Gasteiger partial charge < -0.3 is 25.2 Å². The van der Waals surface area contributed by atoms with E-state index in [4.69, 9.17) is 4.74 Å². The number of hydrogen-bond acceptors (Lipinski definition) is 6. The highest BCUT2D eigenvalue weighted by Crippen LogP contribution is 2.15. The van der Waals surface area contributed by atoms with Crippen LogP contribution in [0.5, 0.6) is 0 Å². The van der Waals surface area contributed by atoms with Gasteiger partial charge in [0.1, 0.15) is 6.54 Å². The number of aliphatic imine (C=N–C) groups is 1. The highest BCUT2D eigenvalue weighted by Gasteiger charge is 2.22. The second-order valence-electron chi connectivity index (χ2n) is 7.42. The van der Waals surface area contributed by atoms with Gasteiger partial charge in [-0.05, 0) is 31.7 Å². The average Bonchev–Trinajstić information content (AvgIpc) is 3.24. The molecule has 2 aliphatic rings. The zero-order valence-electron chi connectivity index (χ0n) is 16.8. The number of nitrogens with one attached hydrogen (secondary N) is 2. The molecule has 9 nitrogen and oxygen atoms in total. The van der Waals surface area contributed by atoms with Crippen LogP contribution in [0.4, 0.5) is 5.95 Å². The summed E-state index contributed by atoms with van der Waals surface area (Å²) in [5.41, 5.74) is 0. The standard InChI is InChI=1S/C19H31N7O2/c1-25(2)17(27)14-23-18(22-13-16-5-3-12-28-16)24-15-6-10-26(11-7-15)19-20-8-4-9-21-19/h4,8-9,15-16H,3,5-7,10-14H2,1-2H3,(H2,22,23,24). The van der Waals surface area contributed by atoms with Gasteiger partial charge in [0.25, 0.3) is 0 Å². The Hall–Kier alpha value is -2.42. The first kappa shape index (κ1) is 20.3. The fourth-order valence-electron chi connectivity index (χ4n) is 3.33. The number of carbonyl (C=O) groups is 1. The van der Waals surface area contributed by atoms with Crippen LogP contribution in [0.1, 0.15) is 25.7 Å². The van der Waals surface area contributed by atoms with E-state index in [0.29, 0.717) is 18.5 Å². The second kappa shape index (κ2) is 10.2. The number of anilines is 1. The molecule has 2 aliphatic heterocycles. The lowest BCUT2D eigenvalue weighted by molar-refractivity contribution is -0.127. The van der Waals surface area contributed by atoms with Gasteiger partial charge in [-0.1, -0.05) is 0 Å². The van der Waals surface area contributed by atoms with E-state index in [9.17, 15) is 4.79 Å². The molecular weight excluding hydrogens is 358 g/mol. The van der Waals surface area contributed by atoms with Crippen molar-refractivity contribution >= 4 is 17.8 Å². The number of aromatic nitrogens is 2. The lowest BCUT2D eigenvalue weighted by Gasteiger charge is -2.33. The summed E-state index contributed by atoms with van der Waals surface area (Å²) in [7, 11) is 3.48. The summed E-state index contributed by atoms with van der Waals surface area (Å²) in [5.74, 6) is 1.44. The number of amides is 1. The topological polar surface area (TPSA) is 95.0 Å². The minimum Gasteiger partial charge on any atom is -0.376 e. The zero-order valence-corrected chi connectivity index (χ0v) is 16.8. The molecule has 3 heterocycles. The quantitative estimate of drug-likeness (QED) is 0.532. The molecule has 1 aromatic rings. The Balaban J connectivity index is 1.52. The summed E-state index contributed by atoms with van der Waals surface area (Å²) in [6.45, 7) is 3.43. The van der Waals surface area contributed by atoms with E-state index in [1.54, 1.807) is 31.4 Å². The summed E-state index contributed by atoms with van der Waals surface area (Å²) in [4.78, 5) is 28.8. The number of likely N-dealkylation sites (N-methyl/N-ethyl adjacent to an activating group) is 1. The molecule has 0 radical (unpaired) electrons. The maximum atomic E-state index is 11.9. The third kappa shape index (κ3) is 6.05. The minimum absolute atomic E-state index is 0.0192. The van der Waals surface area contributed by atoms with Crippen LogP contribution < -0.4 is 15.5 Å². The number of piperidine rings is 1. The van der Waals surface area contributed by atoms with Gasteiger partial charge in [-0.25, -0.2) is 15.0 Å². The summed E-state index contributed by atoms with van der Waals surface area (Å²) in [5, 5.41) is 6.84. The average molecular weight is 390 g/mol. The Morgan fingerprint density at radius 2 is 2.04 bits per heavy atom. The van der Waals surface area contributed by atoms with Crippen molar-refractivity contribution in [2.45, 2.75) is 37.8 Å². The van der Waals surface area contributed by atoms with E-state index in [0.717, 1.165) is 51.3 Å². The SMILES string of the molecule is CN(C)C(=O)CN=C(NCC1CCCO1)NC1CCN(c2ncccn2)CC1. The molecule has 154 valence electrons. The molecule has 0 saturated carbocycles. The summed E-state index contributed by atoms with van der Waals surface area (Å²) in [6, 6.07) is 2.13. The van der Waals surface area contributed by atoms with Crippen LogP contribution >= 0.6 is 0 Å². The zero-order chi connectivity index (χ0) is 19.8. The molecule has 2 saturated heterocycles. The Morgan fingerprint density at radius 3 is 2.68 bits per heavy atom. The molecule has 1 unspecified atom stereocenters. The number of hydrogen-bond donors (Lipinski definition) is 2. The van der Waals surface area contributed by atoms with Crippen LogP contribution in [-0.4, -0.2) is 85.8 Å². The molecule has 9 heteroatoms. The van der Waals surface area contributed by atoms with Crippen molar-refractivity contribution in [3.05, 3.63) is 18.5 Å². The third-order valence-corrected chi connectivity index (χ3v) is 5.06. The van der Waals surface area contributed by atoms with Gasteiger partial charge in [-0.3, -0.25) is 4.79 Å². The maximum absolute atomic E-state index is 11.9. The molecule has 2 N–H and O–H groups in total. The molecular formula is C19H31N7O2. The first-order valence-corrected chi connectivity index (χ1v) is 10.0. The Labute approximate surface area is 166 Å². The first-order chi connectivity index (χ1) is 13.6. The number of rotatable bonds is 6. The summed E-state index contributed by atoms with van der Waals surface area (Å²) >= 11 is 0. The molecule has 28 heavy (non-hydrogen) atoms. The van der Waals surface area contributed by atoms with Gasteiger partial charge in [0.05, 0.1) is 6.10 Å². The molecule has 0 aromatic carbocycles.